The Balaban J connectivity index is 1.45. The SMILES string of the molecule is C[C@H](Sc1nnc(NC(=O)CSCc2ccccc2)s1)c1ccccc1. The number of rotatable bonds is 8. The number of hydrogen-bond donors (Lipinski definition) is 1. The van der Waals surface area contributed by atoms with Crippen LogP contribution >= 0.6 is 34.9 Å². The van der Waals surface area contributed by atoms with Gasteiger partial charge >= 0.3 is 0 Å². The van der Waals surface area contributed by atoms with Crippen LogP contribution in [0.5, 0.6) is 0 Å². The molecule has 26 heavy (non-hydrogen) atoms. The minimum absolute atomic E-state index is 0.0465. The summed E-state index contributed by atoms with van der Waals surface area (Å²) >= 11 is 4.65. The van der Waals surface area contributed by atoms with E-state index in [4.69, 9.17) is 0 Å². The molecule has 0 aliphatic carbocycles. The Hall–Kier alpha value is -1.83. The van der Waals surface area contributed by atoms with E-state index in [1.165, 1.54) is 22.5 Å². The topological polar surface area (TPSA) is 54.9 Å². The van der Waals surface area contributed by atoms with Crippen LogP contribution in [0, 0.1) is 0 Å². The average Bonchev–Trinajstić information content (AvgIpc) is 3.10. The van der Waals surface area contributed by atoms with Crippen LogP contribution < -0.4 is 5.32 Å². The standard InChI is InChI=1S/C19H19N3OS3/c1-14(16-10-6-3-7-11-16)25-19-22-21-18(26-19)20-17(23)13-24-12-15-8-4-2-5-9-15/h2-11,14H,12-13H2,1H3,(H,20,21,23)/t14-/m0/s1. The molecule has 1 heterocycles. The highest BCUT2D eigenvalue weighted by Gasteiger charge is 2.13. The summed E-state index contributed by atoms with van der Waals surface area (Å²) in [7, 11) is 0. The predicted molar refractivity (Wildman–Crippen MR) is 112 cm³/mol. The molecule has 3 rings (SSSR count). The fraction of sp³-hybridized carbons (Fsp3) is 0.211. The van der Waals surface area contributed by atoms with Gasteiger partial charge in [-0.15, -0.1) is 22.0 Å². The van der Waals surface area contributed by atoms with Gasteiger partial charge in [-0.05, 0) is 18.1 Å². The van der Waals surface area contributed by atoms with Gasteiger partial charge in [0.1, 0.15) is 0 Å². The third kappa shape index (κ3) is 5.86. The van der Waals surface area contributed by atoms with Crippen molar-refractivity contribution in [2.24, 2.45) is 0 Å². The average molecular weight is 402 g/mol. The molecule has 1 amide bonds. The van der Waals surface area contributed by atoms with Crippen molar-refractivity contribution >= 4 is 45.9 Å². The zero-order valence-corrected chi connectivity index (χ0v) is 16.7. The number of hydrogen-bond acceptors (Lipinski definition) is 6. The second kappa shape index (κ2) is 9.75. The Morgan fingerprint density at radius 3 is 2.50 bits per heavy atom. The highest BCUT2D eigenvalue weighted by atomic mass is 32.2. The first-order valence-corrected chi connectivity index (χ1v) is 11.0. The summed E-state index contributed by atoms with van der Waals surface area (Å²) in [5, 5.41) is 11.9. The Bertz CT molecular complexity index is 824. The summed E-state index contributed by atoms with van der Waals surface area (Å²) in [5.74, 6) is 1.17. The van der Waals surface area contributed by atoms with Crippen molar-refractivity contribution in [3.8, 4) is 0 Å². The molecular weight excluding hydrogens is 382 g/mol. The molecule has 7 heteroatoms. The fourth-order valence-corrected chi connectivity index (χ4v) is 5.07. The molecule has 0 aliphatic heterocycles. The molecule has 0 unspecified atom stereocenters. The summed E-state index contributed by atoms with van der Waals surface area (Å²) in [6.07, 6.45) is 0. The second-order valence-electron chi connectivity index (χ2n) is 5.57. The number of nitrogens with one attached hydrogen (secondary N) is 1. The van der Waals surface area contributed by atoms with Gasteiger partial charge in [-0.2, -0.15) is 0 Å². The Kier molecular flexibility index (Phi) is 7.11. The lowest BCUT2D eigenvalue weighted by Crippen LogP contribution is -2.13. The van der Waals surface area contributed by atoms with E-state index in [-0.39, 0.29) is 11.2 Å². The van der Waals surface area contributed by atoms with Crippen LogP contribution in [0.25, 0.3) is 0 Å². The lowest BCUT2D eigenvalue weighted by Gasteiger charge is -2.08. The number of aromatic nitrogens is 2. The molecule has 0 aliphatic rings. The summed E-state index contributed by atoms with van der Waals surface area (Å²) < 4.78 is 0.855. The third-order valence-electron chi connectivity index (χ3n) is 3.54. The van der Waals surface area contributed by atoms with Gasteiger partial charge in [0.05, 0.1) is 5.75 Å². The lowest BCUT2D eigenvalue weighted by molar-refractivity contribution is -0.113. The molecule has 0 saturated carbocycles. The monoisotopic (exact) mass is 401 g/mol. The number of thioether (sulfide) groups is 2. The smallest absolute Gasteiger partial charge is 0.236 e. The molecule has 134 valence electrons. The summed E-state index contributed by atoms with van der Waals surface area (Å²) in [4.78, 5) is 12.1. The highest BCUT2D eigenvalue weighted by molar-refractivity contribution is 8.01. The molecular formula is C19H19N3OS3. The Morgan fingerprint density at radius 2 is 1.77 bits per heavy atom. The van der Waals surface area contributed by atoms with E-state index in [0.717, 1.165) is 10.1 Å². The van der Waals surface area contributed by atoms with Crippen LogP contribution in [-0.4, -0.2) is 21.9 Å². The number of amides is 1. The summed E-state index contributed by atoms with van der Waals surface area (Å²) in [6.45, 7) is 2.14. The van der Waals surface area contributed by atoms with Gasteiger partial charge in [0.15, 0.2) is 4.34 Å². The van der Waals surface area contributed by atoms with E-state index in [1.807, 2.05) is 36.4 Å². The third-order valence-corrected chi connectivity index (χ3v) is 6.63. The van der Waals surface area contributed by atoms with Crippen LogP contribution in [0.4, 0.5) is 5.13 Å². The lowest BCUT2D eigenvalue weighted by atomic mass is 10.2. The number of anilines is 1. The van der Waals surface area contributed by atoms with Gasteiger partial charge in [-0.3, -0.25) is 10.1 Å². The van der Waals surface area contributed by atoms with Gasteiger partial charge in [-0.1, -0.05) is 83.8 Å². The number of carbonyl (C=O) groups excluding carboxylic acids is 1. The first-order chi connectivity index (χ1) is 12.7. The van der Waals surface area contributed by atoms with Gasteiger partial charge in [0.25, 0.3) is 0 Å². The van der Waals surface area contributed by atoms with E-state index < -0.39 is 0 Å². The second-order valence-corrected chi connectivity index (χ2v) is 9.12. The first kappa shape index (κ1) is 18.9. The molecule has 4 nitrogen and oxygen atoms in total. The van der Waals surface area contributed by atoms with E-state index in [0.29, 0.717) is 10.9 Å². The Labute approximate surface area is 165 Å². The van der Waals surface area contributed by atoms with Crippen molar-refractivity contribution in [3.63, 3.8) is 0 Å². The number of carbonyl (C=O) groups is 1. The summed E-state index contributed by atoms with van der Waals surface area (Å²) in [5.41, 5.74) is 2.46. The fourth-order valence-electron chi connectivity index (χ4n) is 2.24. The molecule has 0 radical (unpaired) electrons. The van der Waals surface area contributed by atoms with Crippen molar-refractivity contribution in [2.75, 3.05) is 11.1 Å². The zero-order valence-electron chi connectivity index (χ0n) is 14.3. The first-order valence-electron chi connectivity index (χ1n) is 8.17. The van der Waals surface area contributed by atoms with Gasteiger partial charge in [0.2, 0.25) is 11.0 Å². The molecule has 2 aromatic carbocycles. The number of benzene rings is 2. The Morgan fingerprint density at radius 1 is 1.08 bits per heavy atom. The van der Waals surface area contributed by atoms with Gasteiger partial charge < -0.3 is 0 Å². The van der Waals surface area contributed by atoms with Crippen LogP contribution in [0.2, 0.25) is 0 Å². The van der Waals surface area contributed by atoms with Crippen molar-refractivity contribution in [3.05, 3.63) is 71.8 Å². The molecule has 1 N–H and O–H groups in total. The van der Waals surface area contributed by atoms with E-state index in [1.54, 1.807) is 23.5 Å². The summed E-state index contributed by atoms with van der Waals surface area (Å²) in [6, 6.07) is 20.4. The normalized spacial score (nSPS) is 11.9. The van der Waals surface area contributed by atoms with E-state index in [9.17, 15) is 4.79 Å². The van der Waals surface area contributed by atoms with Crippen molar-refractivity contribution in [1.82, 2.24) is 10.2 Å². The minimum atomic E-state index is -0.0465. The van der Waals surface area contributed by atoms with Crippen LogP contribution in [-0.2, 0) is 10.5 Å². The van der Waals surface area contributed by atoms with Gasteiger partial charge in [-0.25, -0.2) is 0 Å². The molecule has 0 saturated heterocycles. The van der Waals surface area contributed by atoms with Crippen LogP contribution in [0.15, 0.2) is 65.0 Å². The maximum Gasteiger partial charge on any atom is 0.236 e. The molecule has 1 aromatic heterocycles. The molecule has 0 fully saturated rings. The molecule has 3 aromatic rings. The zero-order chi connectivity index (χ0) is 18.2. The van der Waals surface area contributed by atoms with Crippen molar-refractivity contribution in [2.45, 2.75) is 22.3 Å². The van der Waals surface area contributed by atoms with E-state index >= 15 is 0 Å². The molecule has 0 spiro atoms. The van der Waals surface area contributed by atoms with Crippen molar-refractivity contribution in [1.29, 1.82) is 0 Å². The van der Waals surface area contributed by atoms with Crippen LogP contribution in [0.3, 0.4) is 0 Å². The minimum Gasteiger partial charge on any atom is -0.300 e. The maximum atomic E-state index is 12.1. The largest absolute Gasteiger partial charge is 0.300 e. The van der Waals surface area contributed by atoms with E-state index in [2.05, 4.69) is 46.7 Å². The van der Waals surface area contributed by atoms with Gasteiger partial charge in [0, 0.05) is 11.0 Å². The predicted octanol–water partition coefficient (Wildman–Crippen LogP) is 5.26. The van der Waals surface area contributed by atoms with Crippen LogP contribution in [0.1, 0.15) is 23.3 Å². The quantitative estimate of drug-likeness (QED) is 0.412. The maximum absolute atomic E-state index is 12.1. The highest BCUT2D eigenvalue weighted by Crippen LogP contribution is 2.37. The number of nitrogens with zero attached hydrogens (tertiary/aromatic N) is 2. The van der Waals surface area contributed by atoms with Crippen molar-refractivity contribution < 1.29 is 4.79 Å². The molecule has 1 atom stereocenters. The molecule has 0 bridgehead atoms.